The van der Waals surface area contributed by atoms with Crippen LogP contribution in [0.2, 0.25) is 0 Å². The van der Waals surface area contributed by atoms with Crippen LogP contribution in [0.4, 0.5) is 0 Å². The molecule has 0 saturated carbocycles. The molecule has 5 nitrogen and oxygen atoms in total. The van der Waals surface area contributed by atoms with E-state index in [2.05, 4.69) is 50.9 Å². The first-order valence-electron chi connectivity index (χ1n) is 10.3. The van der Waals surface area contributed by atoms with Crippen LogP contribution in [0.3, 0.4) is 0 Å². The van der Waals surface area contributed by atoms with Crippen molar-refractivity contribution < 1.29 is 14.0 Å². The molecular weight excluding hydrogens is 383 g/mol. The van der Waals surface area contributed by atoms with Crippen LogP contribution in [0.15, 0.2) is 65.3 Å². The zero-order valence-corrected chi connectivity index (χ0v) is 19.5. The fraction of sp³-hybridized carbons (Fsp3) is 0.522. The maximum atomic E-state index is 12.0. The van der Waals surface area contributed by atoms with Crippen LogP contribution in [0.1, 0.15) is 73.1 Å². The van der Waals surface area contributed by atoms with Crippen LogP contribution in [0.25, 0.3) is 0 Å². The van der Waals surface area contributed by atoms with Crippen LogP contribution < -0.4 is 0 Å². The fourth-order valence-electron chi connectivity index (χ4n) is 2.73. The smallest absolute Gasteiger partial charge is 0.308 e. The van der Waals surface area contributed by atoms with Gasteiger partial charge in [0.25, 0.3) is 0 Å². The zero-order chi connectivity index (χ0) is 21.7. The lowest BCUT2D eigenvalue weighted by Crippen LogP contribution is -1.98. The van der Waals surface area contributed by atoms with Crippen molar-refractivity contribution >= 4 is 7.75 Å². The Morgan fingerprint density at radius 1 is 0.931 bits per heavy atom. The molecule has 6 heteroatoms. The highest BCUT2D eigenvalue weighted by atomic mass is 31.2. The quantitative estimate of drug-likeness (QED) is 0.276. The SMILES string of the molecule is CC(C)=CCC/C(C)=C\CC/C(C)=C\CC/C(C)=C\COP(=O)(O)n1ccnc1. The Balaban J connectivity index is 2.28. The second-order valence-electron chi connectivity index (χ2n) is 7.78. The van der Waals surface area contributed by atoms with E-state index in [0.29, 0.717) is 0 Å². The summed E-state index contributed by atoms with van der Waals surface area (Å²) >= 11 is 0. The number of rotatable bonds is 13. The Hall–Kier alpha value is -1.68. The third-order valence-electron chi connectivity index (χ3n) is 4.61. The summed E-state index contributed by atoms with van der Waals surface area (Å²) in [6.07, 6.45) is 19.3. The Bertz CT molecular complexity index is 770. The highest BCUT2D eigenvalue weighted by molar-refractivity contribution is 7.51. The predicted octanol–water partition coefficient (Wildman–Crippen LogP) is 6.99. The minimum Gasteiger partial charge on any atom is -0.308 e. The molecule has 0 fully saturated rings. The van der Waals surface area contributed by atoms with Crippen molar-refractivity contribution in [3.05, 3.63) is 65.3 Å². The topological polar surface area (TPSA) is 64.3 Å². The van der Waals surface area contributed by atoms with Gasteiger partial charge in [0.05, 0.1) is 6.61 Å². The van der Waals surface area contributed by atoms with Gasteiger partial charge in [-0.05, 0) is 73.1 Å². The van der Waals surface area contributed by atoms with Crippen LogP contribution in [0, 0.1) is 0 Å². The van der Waals surface area contributed by atoms with Crippen molar-refractivity contribution in [3.8, 4) is 0 Å². The van der Waals surface area contributed by atoms with E-state index in [1.54, 1.807) is 0 Å². The van der Waals surface area contributed by atoms with E-state index in [4.69, 9.17) is 4.52 Å². The number of allylic oxidation sites excluding steroid dienone is 7. The van der Waals surface area contributed by atoms with Crippen molar-refractivity contribution in [2.24, 2.45) is 0 Å². The monoisotopic (exact) mass is 420 g/mol. The molecule has 29 heavy (non-hydrogen) atoms. The summed E-state index contributed by atoms with van der Waals surface area (Å²) in [5, 5.41) is 0. The molecule has 0 aliphatic heterocycles. The third-order valence-corrected chi connectivity index (χ3v) is 5.92. The molecule has 0 amide bonds. The van der Waals surface area contributed by atoms with E-state index in [9.17, 15) is 9.46 Å². The van der Waals surface area contributed by atoms with E-state index in [0.717, 1.165) is 48.4 Å². The fourth-order valence-corrected chi connectivity index (χ4v) is 3.55. The van der Waals surface area contributed by atoms with Crippen LogP contribution in [-0.4, -0.2) is 20.8 Å². The van der Waals surface area contributed by atoms with Gasteiger partial charge < -0.3 is 4.89 Å². The Morgan fingerprint density at radius 3 is 1.93 bits per heavy atom. The van der Waals surface area contributed by atoms with Gasteiger partial charge in [0.1, 0.15) is 6.33 Å². The van der Waals surface area contributed by atoms with E-state index >= 15 is 0 Å². The molecule has 1 rings (SSSR count). The lowest BCUT2D eigenvalue weighted by molar-refractivity contribution is 0.277. The molecule has 0 spiro atoms. The Kier molecular flexibility index (Phi) is 11.8. The molecule has 0 aromatic carbocycles. The van der Waals surface area contributed by atoms with Gasteiger partial charge in [-0.2, -0.15) is 0 Å². The molecule has 1 N–H and O–H groups in total. The first-order valence-corrected chi connectivity index (χ1v) is 11.8. The summed E-state index contributed by atoms with van der Waals surface area (Å²) in [6.45, 7) is 10.8. The molecule has 1 unspecified atom stereocenters. The first kappa shape index (κ1) is 25.4. The van der Waals surface area contributed by atoms with Crippen molar-refractivity contribution in [1.82, 2.24) is 9.32 Å². The first-order chi connectivity index (χ1) is 13.7. The van der Waals surface area contributed by atoms with Gasteiger partial charge in [-0.1, -0.05) is 46.6 Å². The van der Waals surface area contributed by atoms with Gasteiger partial charge in [0, 0.05) is 12.4 Å². The predicted molar refractivity (Wildman–Crippen MR) is 122 cm³/mol. The number of hydrogen-bond acceptors (Lipinski definition) is 3. The molecule has 0 radical (unpaired) electrons. The van der Waals surface area contributed by atoms with Crippen LogP contribution >= 0.6 is 7.75 Å². The molecule has 0 bridgehead atoms. The lowest BCUT2D eigenvalue weighted by atomic mass is 10.0. The molecule has 162 valence electrons. The third kappa shape index (κ3) is 11.8. The molecule has 1 aromatic rings. The zero-order valence-electron chi connectivity index (χ0n) is 18.6. The average Bonchev–Trinajstić information content (AvgIpc) is 3.17. The minimum absolute atomic E-state index is 0.108. The van der Waals surface area contributed by atoms with E-state index in [1.807, 2.05) is 13.0 Å². The van der Waals surface area contributed by atoms with E-state index < -0.39 is 7.75 Å². The number of aromatic nitrogens is 2. The standard InChI is InChI=1S/C23H37N2O3P/c1-20(2)9-6-10-21(3)11-7-12-22(4)13-8-14-23(5)15-18-28-29(26,27)25-17-16-24-19-25/h9,11,13,15-17,19H,6-8,10,12,14,18H2,1-5H3,(H,26,27)/b21-11-,22-13-,23-15-. The van der Waals surface area contributed by atoms with Crippen LogP contribution in [0.5, 0.6) is 0 Å². The highest BCUT2D eigenvalue weighted by Gasteiger charge is 2.20. The summed E-state index contributed by atoms with van der Waals surface area (Å²) in [5.41, 5.74) is 5.40. The van der Waals surface area contributed by atoms with E-state index in [1.165, 1.54) is 35.4 Å². The van der Waals surface area contributed by atoms with E-state index in [-0.39, 0.29) is 6.61 Å². The van der Waals surface area contributed by atoms with Crippen molar-refractivity contribution in [1.29, 1.82) is 0 Å². The summed E-state index contributed by atoms with van der Waals surface area (Å²) in [6, 6.07) is 0. The summed E-state index contributed by atoms with van der Waals surface area (Å²) in [5.74, 6) is 0. The van der Waals surface area contributed by atoms with Crippen LogP contribution in [-0.2, 0) is 9.09 Å². The molecule has 0 saturated heterocycles. The number of hydrogen-bond donors (Lipinski definition) is 1. The average molecular weight is 421 g/mol. The van der Waals surface area contributed by atoms with Gasteiger partial charge in [-0.3, -0.25) is 4.52 Å². The molecule has 1 aromatic heterocycles. The Morgan fingerprint density at radius 2 is 1.45 bits per heavy atom. The second-order valence-corrected chi connectivity index (χ2v) is 9.48. The second kappa shape index (κ2) is 13.5. The van der Waals surface area contributed by atoms with Crippen molar-refractivity contribution in [3.63, 3.8) is 0 Å². The van der Waals surface area contributed by atoms with Gasteiger partial charge in [-0.15, -0.1) is 0 Å². The maximum Gasteiger partial charge on any atom is 0.437 e. The molecule has 0 aliphatic rings. The molecule has 1 atom stereocenters. The Labute approximate surface area is 176 Å². The molecule has 0 aliphatic carbocycles. The normalized spacial score (nSPS) is 15.3. The molecular formula is C23H37N2O3P. The number of imidazole rings is 1. The van der Waals surface area contributed by atoms with Gasteiger partial charge in [-0.25, -0.2) is 13.9 Å². The maximum absolute atomic E-state index is 12.0. The highest BCUT2D eigenvalue weighted by Crippen LogP contribution is 2.42. The molecule has 1 heterocycles. The van der Waals surface area contributed by atoms with Crippen molar-refractivity contribution in [2.75, 3.05) is 6.61 Å². The summed E-state index contributed by atoms with van der Waals surface area (Å²) < 4.78 is 18.2. The number of nitrogens with zero attached hydrogens (tertiary/aromatic N) is 2. The van der Waals surface area contributed by atoms with Crippen molar-refractivity contribution in [2.45, 2.75) is 73.1 Å². The lowest BCUT2D eigenvalue weighted by Gasteiger charge is -2.11. The summed E-state index contributed by atoms with van der Waals surface area (Å²) in [7, 11) is -3.84. The summed E-state index contributed by atoms with van der Waals surface area (Å²) in [4.78, 5) is 13.6. The van der Waals surface area contributed by atoms with Gasteiger partial charge in [0.2, 0.25) is 0 Å². The minimum atomic E-state index is -3.84. The largest absolute Gasteiger partial charge is 0.437 e. The van der Waals surface area contributed by atoms with Gasteiger partial charge >= 0.3 is 7.75 Å². The van der Waals surface area contributed by atoms with Gasteiger partial charge in [0.15, 0.2) is 0 Å².